The molecular weight excluding hydrogens is 482 g/mol. The molecule has 202 valence electrons. The summed E-state index contributed by atoms with van der Waals surface area (Å²) in [5, 5.41) is 7.91. The van der Waals surface area contributed by atoms with E-state index in [4.69, 9.17) is 4.98 Å². The Morgan fingerprint density at radius 1 is 0.897 bits per heavy atom. The molecule has 0 spiro atoms. The molecule has 1 heterocycles. The number of imidazole rings is 1. The molecule has 39 heavy (non-hydrogen) atoms. The normalized spacial score (nSPS) is 11.9. The first-order valence-electron chi connectivity index (χ1n) is 13.9. The van der Waals surface area contributed by atoms with Crippen molar-refractivity contribution in [1.29, 1.82) is 0 Å². The van der Waals surface area contributed by atoms with E-state index in [0.717, 1.165) is 55.1 Å². The van der Waals surface area contributed by atoms with E-state index in [1.807, 2.05) is 0 Å². The molecule has 0 atom stereocenters. The lowest BCUT2D eigenvalue weighted by Crippen LogP contribution is -2.48. The molecule has 4 aromatic carbocycles. The summed E-state index contributed by atoms with van der Waals surface area (Å²) in [6.07, 6.45) is 1.89. The van der Waals surface area contributed by atoms with Gasteiger partial charge < -0.3 is 19.3 Å². The van der Waals surface area contributed by atoms with E-state index in [1.54, 1.807) is 0 Å². The van der Waals surface area contributed by atoms with Crippen molar-refractivity contribution in [3.05, 3.63) is 72.8 Å². The van der Waals surface area contributed by atoms with Gasteiger partial charge in [0.25, 0.3) is 5.91 Å². The Balaban J connectivity index is 1.59. The third kappa shape index (κ3) is 5.48. The Bertz CT molecular complexity index is 1610. The van der Waals surface area contributed by atoms with Crippen molar-refractivity contribution in [2.45, 2.75) is 26.3 Å². The van der Waals surface area contributed by atoms with Gasteiger partial charge >= 0.3 is 0 Å². The molecule has 0 bridgehead atoms. The number of hydrogen-bond acceptors (Lipinski definition) is 3. The first kappa shape index (κ1) is 26.7. The summed E-state index contributed by atoms with van der Waals surface area (Å²) in [5.74, 6) is 1.11. The van der Waals surface area contributed by atoms with Crippen LogP contribution in [0.15, 0.2) is 72.8 Å². The molecule has 0 fully saturated rings. The Kier molecular flexibility index (Phi) is 7.58. The molecule has 6 heteroatoms. The third-order valence-electron chi connectivity index (χ3n) is 7.55. The van der Waals surface area contributed by atoms with Gasteiger partial charge in [0.1, 0.15) is 5.82 Å². The molecule has 5 rings (SSSR count). The fraction of sp³-hybridized carbons (Fsp3) is 0.333. The molecule has 1 amide bonds. The van der Waals surface area contributed by atoms with Crippen molar-refractivity contribution in [2.24, 2.45) is 0 Å². The average Bonchev–Trinajstić information content (AvgIpc) is 3.31. The zero-order valence-electron chi connectivity index (χ0n) is 23.9. The minimum Gasteiger partial charge on any atom is -0.378 e. The maximum atomic E-state index is 12.4. The lowest BCUT2D eigenvalue weighted by molar-refractivity contribution is -0.882. The third-order valence-corrected chi connectivity index (χ3v) is 7.55. The van der Waals surface area contributed by atoms with Crippen LogP contribution in [0.4, 0.5) is 5.69 Å². The number of anilines is 1. The second kappa shape index (κ2) is 11.1. The largest absolute Gasteiger partial charge is 0.378 e. The van der Waals surface area contributed by atoms with Crippen LogP contribution in [0.3, 0.4) is 0 Å². The summed E-state index contributed by atoms with van der Waals surface area (Å²) >= 11 is 0. The van der Waals surface area contributed by atoms with Gasteiger partial charge in [-0.3, -0.25) is 4.79 Å². The number of carbonyl (C=O) groups is 1. The first-order chi connectivity index (χ1) is 18.8. The number of quaternary nitrogens is 1. The van der Waals surface area contributed by atoms with E-state index in [0.29, 0.717) is 11.0 Å². The summed E-state index contributed by atoms with van der Waals surface area (Å²) in [7, 11) is 8.40. The van der Waals surface area contributed by atoms with E-state index >= 15 is 0 Å². The van der Waals surface area contributed by atoms with E-state index in [9.17, 15) is 4.79 Å². The lowest BCUT2D eigenvalue weighted by Gasteiger charge is -2.29. The number of nitrogens with zero attached hydrogens (tertiary/aromatic N) is 4. The van der Waals surface area contributed by atoms with Crippen molar-refractivity contribution in [1.82, 2.24) is 14.9 Å². The minimum absolute atomic E-state index is 0.120. The van der Waals surface area contributed by atoms with Gasteiger partial charge in [-0.25, -0.2) is 4.98 Å². The van der Waals surface area contributed by atoms with Gasteiger partial charge in [0.05, 0.1) is 31.7 Å². The highest BCUT2D eigenvalue weighted by Gasteiger charge is 2.22. The zero-order valence-corrected chi connectivity index (χ0v) is 23.9. The zero-order chi connectivity index (χ0) is 27.6. The number of likely N-dealkylation sites (N-methyl/N-ethyl adjacent to an activating group) is 1. The van der Waals surface area contributed by atoms with Gasteiger partial charge in [-0.1, -0.05) is 55.5 Å². The molecule has 1 aromatic heterocycles. The quantitative estimate of drug-likeness (QED) is 0.179. The fourth-order valence-electron chi connectivity index (χ4n) is 5.55. The molecule has 0 saturated carbocycles. The van der Waals surface area contributed by atoms with Gasteiger partial charge in [-0.2, -0.15) is 0 Å². The number of amides is 1. The van der Waals surface area contributed by atoms with Crippen LogP contribution >= 0.6 is 0 Å². The van der Waals surface area contributed by atoms with Crippen LogP contribution in [0, 0.1) is 0 Å². The first-order valence-corrected chi connectivity index (χ1v) is 13.9. The second-order valence-electron chi connectivity index (χ2n) is 11.3. The predicted octanol–water partition coefficient (Wildman–Crippen LogP) is 6.07. The van der Waals surface area contributed by atoms with Crippen LogP contribution in [-0.4, -0.2) is 67.8 Å². The number of nitrogens with one attached hydrogen (secondary N) is 1. The Labute approximate surface area is 231 Å². The molecule has 0 aliphatic rings. The van der Waals surface area contributed by atoms with E-state index in [-0.39, 0.29) is 5.91 Å². The maximum absolute atomic E-state index is 12.4. The summed E-state index contributed by atoms with van der Waals surface area (Å²) < 4.78 is 3.06. The smallest absolute Gasteiger partial charge is 0.275 e. The molecule has 0 radical (unpaired) electrons. The Hall–Kier alpha value is -3.90. The SMILES string of the molecule is CCCNC(=O)C[N+](C)(C)CCCn1c(-c2ccc(N(C)C)cc2)nc2c3ccccc3c3ccccc3c21. The number of aryl methyl sites for hydroxylation is 1. The van der Waals surface area contributed by atoms with Crippen molar-refractivity contribution < 1.29 is 9.28 Å². The monoisotopic (exact) mass is 522 g/mol. The molecule has 5 aromatic rings. The highest BCUT2D eigenvalue weighted by Crippen LogP contribution is 2.37. The summed E-state index contributed by atoms with van der Waals surface area (Å²) in [5.41, 5.74) is 4.50. The maximum Gasteiger partial charge on any atom is 0.275 e. The van der Waals surface area contributed by atoms with E-state index in [1.165, 1.54) is 27.1 Å². The highest BCUT2D eigenvalue weighted by molar-refractivity contribution is 6.23. The lowest BCUT2D eigenvalue weighted by atomic mass is 10.00. The number of fused-ring (bicyclic) bond motifs is 6. The van der Waals surface area contributed by atoms with Crippen LogP contribution in [0.25, 0.3) is 44.0 Å². The molecule has 0 saturated heterocycles. The van der Waals surface area contributed by atoms with Gasteiger partial charge in [-0.15, -0.1) is 0 Å². The predicted molar refractivity (Wildman–Crippen MR) is 164 cm³/mol. The van der Waals surface area contributed by atoms with Crippen LogP contribution < -0.4 is 10.2 Å². The second-order valence-corrected chi connectivity index (χ2v) is 11.3. The van der Waals surface area contributed by atoms with Crippen molar-refractivity contribution >= 4 is 44.2 Å². The average molecular weight is 523 g/mol. The van der Waals surface area contributed by atoms with Gasteiger partial charge in [0, 0.05) is 55.6 Å². The van der Waals surface area contributed by atoms with Crippen molar-refractivity contribution in [3.63, 3.8) is 0 Å². The summed E-state index contributed by atoms with van der Waals surface area (Å²) in [6, 6.07) is 25.9. The van der Waals surface area contributed by atoms with Crippen LogP contribution in [0.2, 0.25) is 0 Å². The minimum atomic E-state index is 0.120. The number of benzene rings is 4. The Morgan fingerprint density at radius 3 is 2.15 bits per heavy atom. The van der Waals surface area contributed by atoms with Gasteiger partial charge in [0.15, 0.2) is 6.54 Å². The van der Waals surface area contributed by atoms with E-state index in [2.05, 4.69) is 123 Å². The molecule has 1 N–H and O–H groups in total. The topological polar surface area (TPSA) is 50.2 Å². The number of rotatable bonds is 10. The number of carbonyl (C=O) groups excluding carboxylic acids is 1. The van der Waals surface area contributed by atoms with E-state index < -0.39 is 0 Å². The molecule has 6 nitrogen and oxygen atoms in total. The van der Waals surface area contributed by atoms with Crippen molar-refractivity contribution in [3.8, 4) is 11.4 Å². The number of hydrogen-bond donors (Lipinski definition) is 1. The molecule has 0 unspecified atom stereocenters. The van der Waals surface area contributed by atoms with Crippen LogP contribution in [-0.2, 0) is 11.3 Å². The van der Waals surface area contributed by atoms with Gasteiger partial charge in [-0.05, 0) is 41.5 Å². The molecular formula is C33H40N5O+. The van der Waals surface area contributed by atoms with Gasteiger partial charge in [0.2, 0.25) is 0 Å². The van der Waals surface area contributed by atoms with Crippen LogP contribution in [0.1, 0.15) is 19.8 Å². The Morgan fingerprint density at radius 2 is 1.51 bits per heavy atom. The molecule has 0 aliphatic heterocycles. The summed E-state index contributed by atoms with van der Waals surface area (Å²) in [6.45, 7) is 5.01. The standard InChI is InChI=1S/C33H39N5O/c1-6-20-34-30(39)23-38(4,5)22-11-21-37-32-29-15-10-8-13-27(29)26-12-7-9-14-28(26)31(32)35-33(37)24-16-18-25(19-17-24)36(2)3/h7-10,12-19H,6,11,20-23H2,1-5H3/p+1. The summed E-state index contributed by atoms with van der Waals surface area (Å²) in [4.78, 5) is 19.9. The highest BCUT2D eigenvalue weighted by atomic mass is 16.2. The fourth-order valence-corrected chi connectivity index (χ4v) is 5.55. The molecule has 0 aliphatic carbocycles. The van der Waals surface area contributed by atoms with Crippen LogP contribution in [0.5, 0.6) is 0 Å². The van der Waals surface area contributed by atoms with Crippen molar-refractivity contribution in [2.75, 3.05) is 52.7 Å². The number of aromatic nitrogens is 2.